The Labute approximate surface area is 205 Å². The van der Waals surface area contributed by atoms with Crippen LogP contribution in [0.5, 0.6) is 11.5 Å². The van der Waals surface area contributed by atoms with Crippen molar-refractivity contribution < 1.29 is 23.8 Å². The molecule has 3 aromatic rings. The van der Waals surface area contributed by atoms with Gasteiger partial charge in [-0.15, -0.1) is 0 Å². The summed E-state index contributed by atoms with van der Waals surface area (Å²) >= 11 is 1.24. The molecule has 1 aromatic heterocycles. The number of hydrogen-bond donors (Lipinski definition) is 0. The van der Waals surface area contributed by atoms with E-state index < -0.39 is 18.0 Å². The number of esters is 2. The van der Waals surface area contributed by atoms with Crippen LogP contribution < -0.4 is 24.4 Å². The number of aromatic nitrogens is 1. The van der Waals surface area contributed by atoms with Crippen LogP contribution in [0.15, 0.2) is 69.6 Å². The monoisotopic (exact) mass is 492 g/mol. The summed E-state index contributed by atoms with van der Waals surface area (Å²) in [7, 11) is 1.57. The second kappa shape index (κ2) is 10.1. The Morgan fingerprint density at radius 3 is 2.34 bits per heavy atom. The minimum absolute atomic E-state index is 0.207. The zero-order valence-electron chi connectivity index (χ0n) is 19.7. The van der Waals surface area contributed by atoms with Gasteiger partial charge in [0.15, 0.2) is 4.80 Å². The molecule has 0 saturated carbocycles. The van der Waals surface area contributed by atoms with Gasteiger partial charge < -0.3 is 14.2 Å². The van der Waals surface area contributed by atoms with E-state index in [9.17, 15) is 14.4 Å². The Morgan fingerprint density at radius 1 is 1.09 bits per heavy atom. The molecule has 1 atom stereocenters. The van der Waals surface area contributed by atoms with Crippen molar-refractivity contribution in [2.45, 2.75) is 26.8 Å². The lowest BCUT2D eigenvalue weighted by molar-refractivity contribution is -0.139. The summed E-state index contributed by atoms with van der Waals surface area (Å²) in [5.41, 5.74) is 2.05. The summed E-state index contributed by atoms with van der Waals surface area (Å²) in [6, 6.07) is 13.4. The Morgan fingerprint density at radius 2 is 1.74 bits per heavy atom. The number of methoxy groups -OCH3 is 1. The highest BCUT2D eigenvalue weighted by molar-refractivity contribution is 7.07. The largest absolute Gasteiger partial charge is 0.497 e. The molecule has 9 heteroatoms. The lowest BCUT2D eigenvalue weighted by Crippen LogP contribution is -2.39. The number of carbonyl (C=O) groups is 2. The predicted octanol–water partition coefficient (Wildman–Crippen LogP) is 2.73. The third kappa shape index (κ3) is 4.95. The first-order valence-electron chi connectivity index (χ1n) is 10.9. The van der Waals surface area contributed by atoms with Crippen LogP contribution in [0.25, 0.3) is 6.08 Å². The van der Waals surface area contributed by atoms with Crippen LogP contribution >= 0.6 is 11.3 Å². The molecule has 0 amide bonds. The summed E-state index contributed by atoms with van der Waals surface area (Å²) in [6.45, 7) is 5.02. The lowest BCUT2D eigenvalue weighted by Gasteiger charge is -2.24. The molecule has 4 rings (SSSR count). The molecule has 1 aliphatic heterocycles. The van der Waals surface area contributed by atoms with E-state index in [0.29, 0.717) is 32.1 Å². The van der Waals surface area contributed by atoms with E-state index in [0.717, 1.165) is 11.1 Å². The van der Waals surface area contributed by atoms with Gasteiger partial charge in [-0.1, -0.05) is 35.6 Å². The number of ether oxygens (including phenoxy) is 3. The molecular formula is C26H24N2O6S. The van der Waals surface area contributed by atoms with Gasteiger partial charge in [-0.3, -0.25) is 14.2 Å². The van der Waals surface area contributed by atoms with Gasteiger partial charge in [0.05, 0.1) is 35.6 Å². The third-order valence-electron chi connectivity index (χ3n) is 5.39. The molecule has 8 nitrogen and oxygen atoms in total. The molecule has 1 aliphatic rings. The van der Waals surface area contributed by atoms with Crippen LogP contribution in [0.4, 0.5) is 0 Å². The summed E-state index contributed by atoms with van der Waals surface area (Å²) in [6.07, 6.45) is 1.75. The number of allylic oxidation sites excluding steroid dienone is 1. The molecule has 0 radical (unpaired) electrons. The molecule has 35 heavy (non-hydrogen) atoms. The standard InChI is InChI=1S/C26H24N2O6S/c1-5-33-25(31)22-15(2)27-26-28(23(22)18-8-12-19(32-4)13-9-18)24(30)21(35-26)14-17-6-10-20(11-7-17)34-16(3)29/h6-14,23H,5H2,1-4H3/b21-14+/t23-/m0/s1. The van der Waals surface area contributed by atoms with Crippen LogP contribution in [-0.4, -0.2) is 30.2 Å². The van der Waals surface area contributed by atoms with Gasteiger partial charge in [0.25, 0.3) is 5.56 Å². The molecule has 0 aliphatic carbocycles. The SMILES string of the molecule is CCOC(=O)C1=C(C)N=c2s/c(=C/c3ccc(OC(C)=O)cc3)c(=O)n2[C@H]1c1ccc(OC)cc1. The second-order valence-corrected chi connectivity index (χ2v) is 8.75. The number of carbonyl (C=O) groups excluding carboxylic acids is 2. The van der Waals surface area contributed by atoms with Gasteiger partial charge >= 0.3 is 11.9 Å². The van der Waals surface area contributed by atoms with Gasteiger partial charge in [-0.2, -0.15) is 0 Å². The maximum atomic E-state index is 13.6. The average Bonchev–Trinajstić information content (AvgIpc) is 3.13. The molecule has 0 fully saturated rings. The predicted molar refractivity (Wildman–Crippen MR) is 131 cm³/mol. The van der Waals surface area contributed by atoms with E-state index in [1.165, 1.54) is 22.8 Å². The van der Waals surface area contributed by atoms with E-state index >= 15 is 0 Å². The van der Waals surface area contributed by atoms with Crippen molar-refractivity contribution in [3.63, 3.8) is 0 Å². The Hall–Kier alpha value is -3.98. The minimum Gasteiger partial charge on any atom is -0.497 e. The van der Waals surface area contributed by atoms with Crippen molar-refractivity contribution >= 4 is 29.4 Å². The fraction of sp³-hybridized carbons (Fsp3) is 0.231. The van der Waals surface area contributed by atoms with Crippen molar-refractivity contribution in [3.05, 3.63) is 90.6 Å². The fourth-order valence-electron chi connectivity index (χ4n) is 3.84. The quantitative estimate of drug-likeness (QED) is 0.388. The highest BCUT2D eigenvalue weighted by Crippen LogP contribution is 2.31. The van der Waals surface area contributed by atoms with Crippen LogP contribution in [-0.2, 0) is 14.3 Å². The third-order valence-corrected chi connectivity index (χ3v) is 6.37. The van der Waals surface area contributed by atoms with Crippen molar-refractivity contribution in [3.8, 4) is 11.5 Å². The number of rotatable bonds is 6. The molecule has 180 valence electrons. The van der Waals surface area contributed by atoms with E-state index in [1.807, 2.05) is 12.1 Å². The maximum Gasteiger partial charge on any atom is 0.338 e. The van der Waals surface area contributed by atoms with Gasteiger partial charge in [-0.05, 0) is 55.3 Å². The molecule has 2 heterocycles. The number of thiazole rings is 1. The first-order valence-corrected chi connectivity index (χ1v) is 11.8. The molecule has 0 unspecified atom stereocenters. The summed E-state index contributed by atoms with van der Waals surface area (Å²) in [4.78, 5) is 42.7. The first kappa shape index (κ1) is 24.2. The number of hydrogen-bond acceptors (Lipinski definition) is 8. The molecule has 0 N–H and O–H groups in total. The van der Waals surface area contributed by atoms with E-state index in [1.54, 1.807) is 63.4 Å². The second-order valence-electron chi connectivity index (χ2n) is 7.74. The highest BCUT2D eigenvalue weighted by atomic mass is 32.1. The van der Waals surface area contributed by atoms with E-state index in [4.69, 9.17) is 14.2 Å². The molecule has 0 saturated heterocycles. The number of fused-ring (bicyclic) bond motifs is 1. The summed E-state index contributed by atoms with van der Waals surface area (Å²) in [5.74, 6) is 0.171. The fourth-order valence-corrected chi connectivity index (χ4v) is 4.89. The molecule has 2 aromatic carbocycles. The van der Waals surface area contributed by atoms with Gasteiger partial charge in [0.2, 0.25) is 0 Å². The minimum atomic E-state index is -0.690. The van der Waals surface area contributed by atoms with Crippen LogP contribution in [0.1, 0.15) is 37.9 Å². The lowest BCUT2D eigenvalue weighted by atomic mass is 9.96. The van der Waals surface area contributed by atoms with Crippen molar-refractivity contribution in [2.24, 2.45) is 4.99 Å². The highest BCUT2D eigenvalue weighted by Gasteiger charge is 2.33. The molecular weight excluding hydrogens is 468 g/mol. The van der Waals surface area contributed by atoms with Crippen molar-refractivity contribution in [1.29, 1.82) is 0 Å². The van der Waals surface area contributed by atoms with Gasteiger partial charge in [0.1, 0.15) is 11.5 Å². The normalized spacial score (nSPS) is 15.3. The van der Waals surface area contributed by atoms with Gasteiger partial charge in [-0.25, -0.2) is 9.79 Å². The Bertz CT molecular complexity index is 1480. The maximum absolute atomic E-state index is 13.6. The molecule has 0 bridgehead atoms. The topological polar surface area (TPSA) is 96.2 Å². The van der Waals surface area contributed by atoms with Crippen LogP contribution in [0.3, 0.4) is 0 Å². The number of nitrogens with zero attached hydrogens (tertiary/aromatic N) is 2. The average molecular weight is 493 g/mol. The smallest absolute Gasteiger partial charge is 0.338 e. The zero-order chi connectivity index (χ0) is 25.1. The van der Waals surface area contributed by atoms with Crippen LogP contribution in [0.2, 0.25) is 0 Å². The van der Waals surface area contributed by atoms with Gasteiger partial charge in [0, 0.05) is 6.92 Å². The summed E-state index contributed by atoms with van der Waals surface area (Å²) in [5, 5.41) is 0. The van der Waals surface area contributed by atoms with Crippen LogP contribution in [0, 0.1) is 0 Å². The zero-order valence-corrected chi connectivity index (χ0v) is 20.5. The Balaban J connectivity index is 1.85. The summed E-state index contributed by atoms with van der Waals surface area (Å²) < 4.78 is 17.6. The van der Waals surface area contributed by atoms with E-state index in [-0.39, 0.29) is 12.2 Å². The van der Waals surface area contributed by atoms with Crippen molar-refractivity contribution in [2.75, 3.05) is 13.7 Å². The van der Waals surface area contributed by atoms with E-state index in [2.05, 4.69) is 4.99 Å². The van der Waals surface area contributed by atoms with Crippen molar-refractivity contribution in [1.82, 2.24) is 4.57 Å². The molecule has 0 spiro atoms. The number of benzene rings is 2. The first-order chi connectivity index (χ1) is 16.8. The Kier molecular flexibility index (Phi) is 6.97.